The molecule has 0 spiro atoms. The lowest BCUT2D eigenvalue weighted by molar-refractivity contribution is 0.0933. The number of nitrogens with one attached hydrogen (secondary N) is 2. The average Bonchev–Trinajstić information content (AvgIpc) is 3.01. The molecule has 0 aliphatic heterocycles. The van der Waals surface area contributed by atoms with Crippen LogP contribution in [0.3, 0.4) is 0 Å². The second-order valence-electron chi connectivity index (χ2n) is 3.98. The molecule has 9 heteroatoms. The molecule has 0 aliphatic carbocycles. The van der Waals surface area contributed by atoms with Gasteiger partial charge in [-0.15, -0.1) is 0 Å². The van der Waals surface area contributed by atoms with Gasteiger partial charge in [0.15, 0.2) is 5.84 Å². The quantitative estimate of drug-likeness (QED) is 0.263. The number of nitrogens with zero attached hydrogens (tertiary/aromatic N) is 4. The predicted molar refractivity (Wildman–Crippen MR) is 69.0 cm³/mol. The second kappa shape index (κ2) is 5.78. The van der Waals surface area contributed by atoms with Crippen LogP contribution >= 0.6 is 0 Å². The van der Waals surface area contributed by atoms with Gasteiger partial charge in [-0.1, -0.05) is 5.16 Å². The SMILES string of the molecule is CC(NC(=O)c1ccc(/C(N)=N/O)cn1)c1ncn[nH]1. The van der Waals surface area contributed by atoms with Crippen LogP contribution in [0.15, 0.2) is 29.8 Å². The number of carbonyl (C=O) groups excluding carboxylic acids is 1. The van der Waals surface area contributed by atoms with E-state index in [9.17, 15) is 4.79 Å². The van der Waals surface area contributed by atoms with Crippen LogP contribution in [0.1, 0.15) is 34.8 Å². The largest absolute Gasteiger partial charge is 0.409 e. The Kier molecular flexibility index (Phi) is 3.89. The van der Waals surface area contributed by atoms with Crippen LogP contribution in [0.4, 0.5) is 0 Å². The molecule has 2 aromatic rings. The molecule has 9 nitrogen and oxygen atoms in total. The van der Waals surface area contributed by atoms with Gasteiger partial charge in [0.25, 0.3) is 5.91 Å². The summed E-state index contributed by atoms with van der Waals surface area (Å²) >= 11 is 0. The standard InChI is InChI=1S/C11H13N7O2/c1-6(10-14-5-15-17-10)16-11(19)8-3-2-7(4-13-8)9(12)18-20/h2-6,20H,1H3,(H2,12,18)(H,16,19)(H,14,15,17). The molecule has 0 aromatic carbocycles. The van der Waals surface area contributed by atoms with Crippen LogP contribution in [-0.4, -0.2) is 37.1 Å². The fourth-order valence-corrected chi connectivity index (χ4v) is 1.50. The number of hydrogen-bond donors (Lipinski definition) is 4. The molecule has 2 heterocycles. The third-order valence-electron chi connectivity index (χ3n) is 2.59. The number of hydrogen-bond acceptors (Lipinski definition) is 6. The van der Waals surface area contributed by atoms with E-state index in [0.29, 0.717) is 11.4 Å². The van der Waals surface area contributed by atoms with Gasteiger partial charge >= 0.3 is 0 Å². The molecule has 5 N–H and O–H groups in total. The smallest absolute Gasteiger partial charge is 0.270 e. The van der Waals surface area contributed by atoms with Crippen molar-refractivity contribution in [2.45, 2.75) is 13.0 Å². The van der Waals surface area contributed by atoms with E-state index in [1.54, 1.807) is 6.92 Å². The van der Waals surface area contributed by atoms with Crippen LogP contribution in [0.2, 0.25) is 0 Å². The van der Waals surface area contributed by atoms with Gasteiger partial charge < -0.3 is 16.3 Å². The number of H-pyrrole nitrogens is 1. The lowest BCUT2D eigenvalue weighted by Gasteiger charge is -2.10. The molecule has 104 valence electrons. The summed E-state index contributed by atoms with van der Waals surface area (Å²) in [6, 6.07) is 2.70. The van der Waals surface area contributed by atoms with E-state index < -0.39 is 0 Å². The summed E-state index contributed by atoms with van der Waals surface area (Å²) in [5.41, 5.74) is 6.04. The Morgan fingerprint density at radius 1 is 1.50 bits per heavy atom. The molecule has 1 atom stereocenters. The van der Waals surface area contributed by atoms with E-state index in [2.05, 4.69) is 30.6 Å². The van der Waals surface area contributed by atoms with E-state index in [0.717, 1.165) is 0 Å². The summed E-state index contributed by atoms with van der Waals surface area (Å²) in [6.45, 7) is 1.77. The topological polar surface area (TPSA) is 142 Å². The normalized spacial score (nSPS) is 12.9. The number of amides is 1. The van der Waals surface area contributed by atoms with Crippen molar-refractivity contribution in [3.8, 4) is 0 Å². The lowest BCUT2D eigenvalue weighted by Crippen LogP contribution is -2.28. The molecule has 0 fully saturated rings. The van der Waals surface area contributed by atoms with Crippen molar-refractivity contribution in [3.05, 3.63) is 41.7 Å². The van der Waals surface area contributed by atoms with Crippen molar-refractivity contribution in [1.82, 2.24) is 25.5 Å². The Bertz CT molecular complexity index is 606. The minimum atomic E-state index is -0.361. The van der Waals surface area contributed by atoms with E-state index in [-0.39, 0.29) is 23.5 Å². The molecule has 0 bridgehead atoms. The van der Waals surface area contributed by atoms with Crippen molar-refractivity contribution in [3.63, 3.8) is 0 Å². The van der Waals surface area contributed by atoms with Crippen LogP contribution < -0.4 is 11.1 Å². The van der Waals surface area contributed by atoms with E-state index in [1.165, 1.54) is 24.7 Å². The second-order valence-corrected chi connectivity index (χ2v) is 3.98. The van der Waals surface area contributed by atoms with E-state index in [1.807, 2.05) is 0 Å². The van der Waals surface area contributed by atoms with Crippen molar-refractivity contribution >= 4 is 11.7 Å². The van der Waals surface area contributed by atoms with Crippen molar-refractivity contribution in [2.24, 2.45) is 10.9 Å². The van der Waals surface area contributed by atoms with Gasteiger partial charge in [0, 0.05) is 11.8 Å². The fraction of sp³-hybridized carbons (Fsp3) is 0.182. The van der Waals surface area contributed by atoms with Crippen molar-refractivity contribution < 1.29 is 10.0 Å². The first-order valence-corrected chi connectivity index (χ1v) is 5.72. The number of oxime groups is 1. The van der Waals surface area contributed by atoms with Crippen LogP contribution in [0, 0.1) is 0 Å². The number of rotatable bonds is 4. The summed E-state index contributed by atoms with van der Waals surface area (Å²) in [4.78, 5) is 19.9. The number of carbonyl (C=O) groups is 1. The zero-order valence-corrected chi connectivity index (χ0v) is 10.6. The molecule has 0 radical (unpaired) electrons. The Labute approximate surface area is 113 Å². The molecular weight excluding hydrogens is 262 g/mol. The predicted octanol–water partition coefficient (Wildman–Crippen LogP) is -0.215. The summed E-state index contributed by atoms with van der Waals surface area (Å²) < 4.78 is 0. The maximum Gasteiger partial charge on any atom is 0.270 e. The summed E-state index contributed by atoms with van der Waals surface area (Å²) in [6.07, 6.45) is 2.71. The van der Waals surface area contributed by atoms with E-state index in [4.69, 9.17) is 10.9 Å². The summed E-state index contributed by atoms with van der Waals surface area (Å²) in [7, 11) is 0. The third-order valence-corrected chi connectivity index (χ3v) is 2.59. The van der Waals surface area contributed by atoms with Crippen LogP contribution in [-0.2, 0) is 0 Å². The Morgan fingerprint density at radius 3 is 2.85 bits per heavy atom. The highest BCUT2D eigenvalue weighted by Gasteiger charge is 2.14. The molecule has 0 aliphatic rings. The number of pyridine rings is 1. The minimum absolute atomic E-state index is 0.0699. The molecule has 1 unspecified atom stereocenters. The highest BCUT2D eigenvalue weighted by Crippen LogP contribution is 2.06. The molecule has 0 saturated heterocycles. The van der Waals surface area contributed by atoms with Crippen molar-refractivity contribution in [1.29, 1.82) is 0 Å². The summed E-state index contributed by atoms with van der Waals surface area (Å²) in [5.74, 6) is 0.117. The van der Waals surface area contributed by atoms with Gasteiger partial charge in [-0.25, -0.2) is 4.98 Å². The zero-order valence-electron chi connectivity index (χ0n) is 10.6. The first-order chi connectivity index (χ1) is 9.61. The molecule has 20 heavy (non-hydrogen) atoms. The Balaban J connectivity index is 2.06. The zero-order chi connectivity index (χ0) is 14.5. The molecule has 2 aromatic heterocycles. The third kappa shape index (κ3) is 2.88. The first kappa shape index (κ1) is 13.5. The first-order valence-electron chi connectivity index (χ1n) is 5.72. The highest BCUT2D eigenvalue weighted by molar-refractivity contribution is 5.98. The monoisotopic (exact) mass is 275 g/mol. The number of amidine groups is 1. The van der Waals surface area contributed by atoms with Gasteiger partial charge in [-0.05, 0) is 19.1 Å². The van der Waals surface area contributed by atoms with Gasteiger partial charge in [0.2, 0.25) is 0 Å². The molecular formula is C11H13N7O2. The summed E-state index contributed by atoms with van der Waals surface area (Å²) in [5, 5.41) is 20.5. The fourth-order valence-electron chi connectivity index (χ4n) is 1.50. The Hall–Kier alpha value is -2.97. The van der Waals surface area contributed by atoms with Crippen LogP contribution in [0.25, 0.3) is 0 Å². The van der Waals surface area contributed by atoms with Crippen LogP contribution in [0.5, 0.6) is 0 Å². The Morgan fingerprint density at radius 2 is 2.30 bits per heavy atom. The lowest BCUT2D eigenvalue weighted by atomic mass is 10.2. The van der Waals surface area contributed by atoms with Gasteiger partial charge in [-0.3, -0.25) is 14.9 Å². The van der Waals surface area contributed by atoms with Crippen molar-refractivity contribution in [2.75, 3.05) is 0 Å². The average molecular weight is 275 g/mol. The molecule has 0 saturated carbocycles. The van der Waals surface area contributed by atoms with Gasteiger partial charge in [0.05, 0.1) is 6.04 Å². The molecule has 2 rings (SSSR count). The highest BCUT2D eigenvalue weighted by atomic mass is 16.4. The van der Waals surface area contributed by atoms with Gasteiger partial charge in [-0.2, -0.15) is 5.10 Å². The number of nitrogens with two attached hydrogens (primary N) is 1. The van der Waals surface area contributed by atoms with E-state index >= 15 is 0 Å². The maximum atomic E-state index is 12.0. The van der Waals surface area contributed by atoms with Gasteiger partial charge in [0.1, 0.15) is 17.8 Å². The minimum Gasteiger partial charge on any atom is -0.409 e. The molecule has 1 amide bonds. The number of aromatic nitrogens is 4. The number of aromatic amines is 1. The maximum absolute atomic E-state index is 12.0.